The second-order valence-corrected chi connectivity index (χ2v) is 6.91. The molecule has 1 aromatic rings. The average molecular weight is 332 g/mol. The van der Waals surface area contributed by atoms with Crippen LogP contribution in [-0.2, 0) is 11.2 Å². The van der Waals surface area contributed by atoms with E-state index in [1.165, 1.54) is 16.7 Å². The van der Waals surface area contributed by atoms with Gasteiger partial charge >= 0.3 is 5.97 Å². The Morgan fingerprint density at radius 1 is 1.21 bits per heavy atom. The summed E-state index contributed by atoms with van der Waals surface area (Å²) < 4.78 is 5.07. The van der Waals surface area contributed by atoms with Crippen LogP contribution in [0.15, 0.2) is 46.3 Å². The van der Waals surface area contributed by atoms with Crippen molar-refractivity contribution < 1.29 is 14.3 Å². The van der Waals surface area contributed by atoms with E-state index in [4.69, 9.17) is 9.52 Å². The molecule has 3 heteroatoms. The molecule has 0 saturated heterocycles. The maximum atomic E-state index is 10.6. The molecule has 0 spiro atoms. The summed E-state index contributed by atoms with van der Waals surface area (Å²) in [6, 6.07) is 2.02. The van der Waals surface area contributed by atoms with E-state index < -0.39 is 5.97 Å². The van der Waals surface area contributed by atoms with Crippen LogP contribution in [0.4, 0.5) is 0 Å². The Balaban J connectivity index is 2.14. The van der Waals surface area contributed by atoms with Gasteiger partial charge in [0.1, 0.15) is 0 Å². The summed E-state index contributed by atoms with van der Waals surface area (Å²) in [4.78, 5) is 10.6. The number of carboxylic acids is 1. The van der Waals surface area contributed by atoms with Crippen LogP contribution >= 0.6 is 0 Å². The van der Waals surface area contributed by atoms with Crippen molar-refractivity contribution in [2.45, 2.75) is 72.1 Å². The van der Waals surface area contributed by atoms with E-state index in [2.05, 4.69) is 26.0 Å². The minimum absolute atomic E-state index is 0.274. The lowest BCUT2D eigenvalue weighted by molar-refractivity contribution is -0.138. The molecule has 134 valence electrons. The van der Waals surface area contributed by atoms with Crippen molar-refractivity contribution in [2.75, 3.05) is 0 Å². The van der Waals surface area contributed by atoms with Crippen molar-refractivity contribution >= 4 is 5.97 Å². The summed E-state index contributed by atoms with van der Waals surface area (Å²) in [6.45, 7) is 6.40. The zero-order valence-electron chi connectivity index (χ0n) is 15.4. The third-order valence-corrected chi connectivity index (χ3v) is 4.33. The van der Waals surface area contributed by atoms with Gasteiger partial charge in [0.2, 0.25) is 0 Å². The second-order valence-electron chi connectivity index (χ2n) is 6.91. The Hall–Kier alpha value is -1.77. The zero-order valence-corrected chi connectivity index (χ0v) is 15.4. The van der Waals surface area contributed by atoms with Crippen LogP contribution in [0, 0.1) is 5.92 Å². The van der Waals surface area contributed by atoms with Gasteiger partial charge in [-0.1, -0.05) is 30.2 Å². The molecule has 24 heavy (non-hydrogen) atoms. The fourth-order valence-corrected chi connectivity index (χ4v) is 2.80. The van der Waals surface area contributed by atoms with Crippen LogP contribution in [-0.4, -0.2) is 11.1 Å². The highest BCUT2D eigenvalue weighted by Crippen LogP contribution is 2.16. The molecule has 3 nitrogen and oxygen atoms in total. The number of carboxylic acid groups (broad SMARTS) is 1. The highest BCUT2D eigenvalue weighted by molar-refractivity contribution is 5.66. The topological polar surface area (TPSA) is 50.4 Å². The maximum Gasteiger partial charge on any atom is 0.303 e. The highest BCUT2D eigenvalue weighted by atomic mass is 16.4. The number of rotatable bonds is 12. The van der Waals surface area contributed by atoms with Gasteiger partial charge in [-0.05, 0) is 76.3 Å². The predicted molar refractivity (Wildman–Crippen MR) is 99.0 cm³/mol. The van der Waals surface area contributed by atoms with Crippen molar-refractivity contribution in [3.63, 3.8) is 0 Å². The van der Waals surface area contributed by atoms with Crippen molar-refractivity contribution in [3.8, 4) is 0 Å². The van der Waals surface area contributed by atoms with Gasteiger partial charge in [-0.15, -0.1) is 0 Å². The molecule has 0 aliphatic rings. The summed E-state index contributed by atoms with van der Waals surface area (Å²) in [6.07, 6.45) is 15.9. The van der Waals surface area contributed by atoms with E-state index in [9.17, 15) is 4.79 Å². The molecule has 0 amide bonds. The normalized spacial score (nSPS) is 14.0. The standard InChI is InChI=1S/C21H32O3/c1-17(9-5-11-19(3)15-21(22)23)7-4-8-18(2)10-6-12-20-13-14-24-16-20/h7,10,13-14,16,19H,4-6,8-9,11-12,15H2,1-3H3,(H,22,23)/t19-/m1/s1. The zero-order chi connectivity index (χ0) is 17.8. The number of allylic oxidation sites excluding steroid dienone is 4. The van der Waals surface area contributed by atoms with Crippen molar-refractivity contribution in [1.82, 2.24) is 0 Å². The third kappa shape index (κ3) is 10.1. The Bertz CT molecular complexity index is 523. The Kier molecular flexibility index (Phi) is 9.90. The lowest BCUT2D eigenvalue weighted by Gasteiger charge is -2.08. The molecule has 1 aromatic heterocycles. The van der Waals surface area contributed by atoms with Gasteiger partial charge in [-0.2, -0.15) is 0 Å². The van der Waals surface area contributed by atoms with Gasteiger partial charge in [0, 0.05) is 6.42 Å². The smallest absolute Gasteiger partial charge is 0.303 e. The quantitative estimate of drug-likeness (QED) is 0.466. The minimum atomic E-state index is -0.690. The number of hydrogen-bond donors (Lipinski definition) is 1. The van der Waals surface area contributed by atoms with E-state index in [1.54, 1.807) is 6.26 Å². The molecule has 0 bridgehead atoms. The first-order chi connectivity index (χ1) is 11.5. The average Bonchev–Trinajstić information content (AvgIpc) is 2.99. The minimum Gasteiger partial charge on any atom is -0.481 e. The summed E-state index contributed by atoms with van der Waals surface area (Å²) in [5, 5.41) is 8.75. The molecule has 0 fully saturated rings. The Labute approximate surface area is 146 Å². The second kappa shape index (κ2) is 11.7. The molecule has 1 rings (SSSR count). The van der Waals surface area contributed by atoms with Crippen molar-refractivity contribution in [2.24, 2.45) is 5.92 Å². The van der Waals surface area contributed by atoms with Crippen LogP contribution < -0.4 is 0 Å². The fourth-order valence-electron chi connectivity index (χ4n) is 2.80. The number of hydrogen-bond acceptors (Lipinski definition) is 2. The van der Waals surface area contributed by atoms with Crippen LogP contribution in [0.2, 0.25) is 0 Å². The Morgan fingerprint density at radius 2 is 1.92 bits per heavy atom. The van der Waals surface area contributed by atoms with E-state index >= 15 is 0 Å². The fraction of sp³-hybridized carbons (Fsp3) is 0.571. The maximum absolute atomic E-state index is 10.6. The van der Waals surface area contributed by atoms with E-state index in [1.807, 2.05) is 19.3 Å². The number of aliphatic carboxylic acids is 1. The molecule has 1 N–H and O–H groups in total. The third-order valence-electron chi connectivity index (χ3n) is 4.33. The first kappa shape index (κ1) is 20.3. The molecule has 0 aromatic carbocycles. The van der Waals surface area contributed by atoms with Gasteiger partial charge in [-0.3, -0.25) is 4.79 Å². The lowest BCUT2D eigenvalue weighted by Crippen LogP contribution is -2.03. The van der Waals surface area contributed by atoms with Gasteiger partial charge in [-0.25, -0.2) is 0 Å². The van der Waals surface area contributed by atoms with Crippen molar-refractivity contribution in [3.05, 3.63) is 47.5 Å². The molecule has 1 atom stereocenters. The Morgan fingerprint density at radius 3 is 2.58 bits per heavy atom. The summed E-state index contributed by atoms with van der Waals surface area (Å²) in [5.41, 5.74) is 4.12. The molecule has 0 saturated carbocycles. The van der Waals surface area contributed by atoms with E-state index in [0.717, 1.165) is 44.9 Å². The number of aryl methyl sites for hydroxylation is 1. The highest BCUT2D eigenvalue weighted by Gasteiger charge is 2.06. The van der Waals surface area contributed by atoms with Crippen LogP contribution in [0.3, 0.4) is 0 Å². The predicted octanol–water partition coefficient (Wildman–Crippen LogP) is 6.17. The summed E-state index contributed by atoms with van der Waals surface area (Å²) in [5.74, 6) is -0.416. The number of furan rings is 1. The van der Waals surface area contributed by atoms with Crippen molar-refractivity contribution in [1.29, 1.82) is 0 Å². The van der Waals surface area contributed by atoms with E-state index in [-0.39, 0.29) is 12.3 Å². The largest absolute Gasteiger partial charge is 0.481 e. The molecule has 0 aliphatic heterocycles. The van der Waals surface area contributed by atoms with E-state index in [0.29, 0.717) is 0 Å². The summed E-state index contributed by atoms with van der Waals surface area (Å²) >= 11 is 0. The van der Waals surface area contributed by atoms with Crippen LogP contribution in [0.5, 0.6) is 0 Å². The molecular formula is C21H32O3. The lowest BCUT2D eigenvalue weighted by atomic mass is 9.98. The first-order valence-electron chi connectivity index (χ1n) is 9.01. The SMILES string of the molecule is CC(=CCCc1ccoc1)CCC=C(C)CCC[C@@H](C)CC(=O)O. The molecule has 1 heterocycles. The molecule has 0 aliphatic carbocycles. The molecular weight excluding hydrogens is 300 g/mol. The molecule has 0 radical (unpaired) electrons. The first-order valence-corrected chi connectivity index (χ1v) is 9.01. The van der Waals surface area contributed by atoms with Gasteiger partial charge in [0.15, 0.2) is 0 Å². The van der Waals surface area contributed by atoms with Gasteiger partial charge in [0.25, 0.3) is 0 Å². The van der Waals surface area contributed by atoms with Crippen LogP contribution in [0.1, 0.15) is 71.3 Å². The summed E-state index contributed by atoms with van der Waals surface area (Å²) in [7, 11) is 0. The van der Waals surface area contributed by atoms with Gasteiger partial charge in [0.05, 0.1) is 12.5 Å². The monoisotopic (exact) mass is 332 g/mol. The number of carbonyl (C=O) groups is 1. The molecule has 0 unspecified atom stereocenters. The van der Waals surface area contributed by atoms with Crippen LogP contribution in [0.25, 0.3) is 0 Å². The van der Waals surface area contributed by atoms with Gasteiger partial charge < -0.3 is 9.52 Å².